The molecule has 0 aliphatic heterocycles. The van der Waals surface area contributed by atoms with Crippen molar-refractivity contribution in [3.05, 3.63) is 30.1 Å². The number of nitrogens with zero attached hydrogens (tertiary/aromatic N) is 1. The van der Waals surface area contributed by atoms with Gasteiger partial charge in [0.2, 0.25) is 0 Å². The van der Waals surface area contributed by atoms with Crippen molar-refractivity contribution in [1.29, 1.82) is 0 Å². The second kappa shape index (κ2) is 4.76. The molecule has 0 aliphatic carbocycles. The molecule has 2 aromatic heterocycles. The van der Waals surface area contributed by atoms with Crippen molar-refractivity contribution in [2.45, 2.75) is 0 Å². The number of ether oxygens (including phenoxy) is 1. The van der Waals surface area contributed by atoms with Crippen LogP contribution in [0.25, 0.3) is 11.0 Å². The van der Waals surface area contributed by atoms with E-state index in [4.69, 9.17) is 4.74 Å². The predicted octanol–water partition coefficient (Wildman–Crippen LogP) is 0.939. The van der Waals surface area contributed by atoms with Crippen molar-refractivity contribution in [3.63, 3.8) is 0 Å². The summed E-state index contributed by atoms with van der Waals surface area (Å²) in [6, 6.07) is 5.53. The quantitative estimate of drug-likeness (QED) is 0.752. The summed E-state index contributed by atoms with van der Waals surface area (Å²) in [6.07, 6.45) is 1.69. The summed E-state index contributed by atoms with van der Waals surface area (Å²) in [7, 11) is 1.60. The van der Waals surface area contributed by atoms with Crippen LogP contribution in [0.2, 0.25) is 0 Å². The third-order valence-corrected chi connectivity index (χ3v) is 2.23. The van der Waals surface area contributed by atoms with Gasteiger partial charge < -0.3 is 15.0 Å². The van der Waals surface area contributed by atoms with Gasteiger partial charge in [-0.05, 0) is 18.2 Å². The van der Waals surface area contributed by atoms with Gasteiger partial charge in [-0.25, -0.2) is 4.98 Å². The molecule has 0 atom stereocenters. The fourth-order valence-electron chi connectivity index (χ4n) is 1.44. The number of amides is 1. The standard InChI is InChI=1S/C11H13N3O2/c1-16-6-5-13-11(15)9-7-8-3-2-4-12-10(8)14-9/h2-4,7H,5-6H2,1H3,(H,12,14)(H,13,15). The number of hydrogen-bond acceptors (Lipinski definition) is 3. The van der Waals surface area contributed by atoms with E-state index in [0.29, 0.717) is 18.8 Å². The summed E-state index contributed by atoms with van der Waals surface area (Å²) in [5.74, 6) is -0.143. The van der Waals surface area contributed by atoms with Crippen molar-refractivity contribution in [3.8, 4) is 0 Å². The van der Waals surface area contributed by atoms with Gasteiger partial charge in [-0.15, -0.1) is 0 Å². The first kappa shape index (κ1) is 10.6. The Hall–Kier alpha value is -1.88. The Morgan fingerprint density at radius 2 is 2.50 bits per heavy atom. The third kappa shape index (κ3) is 2.20. The van der Waals surface area contributed by atoms with Crippen molar-refractivity contribution in [2.24, 2.45) is 0 Å². The zero-order valence-electron chi connectivity index (χ0n) is 8.99. The topological polar surface area (TPSA) is 67.0 Å². The minimum atomic E-state index is -0.143. The number of carbonyl (C=O) groups excluding carboxylic acids is 1. The van der Waals surface area contributed by atoms with Crippen LogP contribution in [-0.2, 0) is 4.74 Å². The largest absolute Gasteiger partial charge is 0.383 e. The molecule has 2 aromatic rings. The molecule has 0 unspecified atom stereocenters. The molecular weight excluding hydrogens is 206 g/mol. The second-order valence-electron chi connectivity index (χ2n) is 3.37. The lowest BCUT2D eigenvalue weighted by molar-refractivity contribution is 0.0933. The van der Waals surface area contributed by atoms with Gasteiger partial charge in [-0.1, -0.05) is 0 Å². The molecule has 0 fully saturated rings. The fraction of sp³-hybridized carbons (Fsp3) is 0.273. The summed E-state index contributed by atoms with van der Waals surface area (Å²) in [5.41, 5.74) is 1.24. The minimum absolute atomic E-state index is 0.143. The number of fused-ring (bicyclic) bond motifs is 1. The zero-order chi connectivity index (χ0) is 11.4. The Balaban J connectivity index is 2.11. The van der Waals surface area contributed by atoms with Gasteiger partial charge in [-0.2, -0.15) is 0 Å². The lowest BCUT2D eigenvalue weighted by atomic mass is 10.3. The number of aromatic nitrogens is 2. The molecule has 0 bridgehead atoms. The average molecular weight is 219 g/mol. The van der Waals surface area contributed by atoms with E-state index in [1.807, 2.05) is 12.1 Å². The highest BCUT2D eigenvalue weighted by Crippen LogP contribution is 2.11. The lowest BCUT2D eigenvalue weighted by Crippen LogP contribution is -2.27. The van der Waals surface area contributed by atoms with Crippen LogP contribution in [0.1, 0.15) is 10.5 Å². The van der Waals surface area contributed by atoms with E-state index in [0.717, 1.165) is 11.0 Å². The van der Waals surface area contributed by atoms with E-state index in [9.17, 15) is 4.79 Å². The molecule has 84 valence electrons. The van der Waals surface area contributed by atoms with E-state index < -0.39 is 0 Å². The first-order chi connectivity index (χ1) is 7.81. The van der Waals surface area contributed by atoms with Gasteiger partial charge in [0, 0.05) is 25.2 Å². The van der Waals surface area contributed by atoms with Crippen molar-refractivity contribution >= 4 is 16.9 Å². The third-order valence-electron chi connectivity index (χ3n) is 2.23. The number of aromatic amines is 1. The molecule has 5 nitrogen and oxygen atoms in total. The molecule has 0 aromatic carbocycles. The molecule has 2 N–H and O–H groups in total. The highest BCUT2D eigenvalue weighted by atomic mass is 16.5. The molecule has 1 amide bonds. The van der Waals surface area contributed by atoms with E-state index in [2.05, 4.69) is 15.3 Å². The average Bonchev–Trinajstić information content (AvgIpc) is 2.73. The smallest absolute Gasteiger partial charge is 0.267 e. The maximum absolute atomic E-state index is 11.7. The normalized spacial score (nSPS) is 10.6. The van der Waals surface area contributed by atoms with Gasteiger partial charge in [0.15, 0.2) is 0 Å². The number of rotatable bonds is 4. The Morgan fingerprint density at radius 3 is 3.25 bits per heavy atom. The first-order valence-corrected chi connectivity index (χ1v) is 5.02. The minimum Gasteiger partial charge on any atom is -0.383 e. The number of H-pyrrole nitrogens is 1. The molecule has 0 saturated heterocycles. The van der Waals surface area contributed by atoms with E-state index in [1.165, 1.54) is 0 Å². The highest BCUT2D eigenvalue weighted by Gasteiger charge is 2.08. The van der Waals surface area contributed by atoms with E-state index in [1.54, 1.807) is 19.4 Å². The van der Waals surface area contributed by atoms with Crippen molar-refractivity contribution in [1.82, 2.24) is 15.3 Å². The van der Waals surface area contributed by atoms with Crippen LogP contribution in [0.5, 0.6) is 0 Å². The summed E-state index contributed by atoms with van der Waals surface area (Å²) >= 11 is 0. The molecule has 0 saturated carbocycles. The van der Waals surface area contributed by atoms with Gasteiger partial charge >= 0.3 is 0 Å². The summed E-state index contributed by atoms with van der Waals surface area (Å²) in [4.78, 5) is 18.7. The van der Waals surface area contributed by atoms with Crippen molar-refractivity contribution < 1.29 is 9.53 Å². The molecule has 0 radical (unpaired) electrons. The number of nitrogens with one attached hydrogen (secondary N) is 2. The maximum atomic E-state index is 11.7. The first-order valence-electron chi connectivity index (χ1n) is 5.02. The number of hydrogen-bond donors (Lipinski definition) is 2. The van der Waals surface area contributed by atoms with Crippen LogP contribution in [0.15, 0.2) is 24.4 Å². The predicted molar refractivity (Wildman–Crippen MR) is 60.3 cm³/mol. The molecule has 16 heavy (non-hydrogen) atoms. The van der Waals surface area contributed by atoms with Crippen LogP contribution in [0.4, 0.5) is 0 Å². The van der Waals surface area contributed by atoms with Crippen LogP contribution in [0, 0.1) is 0 Å². The summed E-state index contributed by atoms with van der Waals surface area (Å²) in [5, 5.41) is 3.67. The molecule has 5 heteroatoms. The van der Waals surface area contributed by atoms with E-state index >= 15 is 0 Å². The number of methoxy groups -OCH3 is 1. The molecule has 0 spiro atoms. The van der Waals surface area contributed by atoms with Crippen LogP contribution >= 0.6 is 0 Å². The van der Waals surface area contributed by atoms with Crippen LogP contribution in [0.3, 0.4) is 0 Å². The van der Waals surface area contributed by atoms with Crippen LogP contribution in [-0.4, -0.2) is 36.1 Å². The van der Waals surface area contributed by atoms with Gasteiger partial charge in [0.1, 0.15) is 11.3 Å². The Bertz CT molecular complexity index is 460. The molecular formula is C11H13N3O2. The second-order valence-corrected chi connectivity index (χ2v) is 3.37. The van der Waals surface area contributed by atoms with Crippen LogP contribution < -0.4 is 5.32 Å². The zero-order valence-corrected chi connectivity index (χ0v) is 8.99. The van der Waals surface area contributed by atoms with E-state index in [-0.39, 0.29) is 5.91 Å². The lowest BCUT2D eigenvalue weighted by Gasteiger charge is -2.01. The monoisotopic (exact) mass is 219 g/mol. The Labute approximate surface area is 92.8 Å². The summed E-state index contributed by atoms with van der Waals surface area (Å²) in [6.45, 7) is 1.00. The number of carbonyl (C=O) groups is 1. The van der Waals surface area contributed by atoms with Gasteiger partial charge in [0.25, 0.3) is 5.91 Å². The fourth-order valence-corrected chi connectivity index (χ4v) is 1.44. The molecule has 2 rings (SSSR count). The van der Waals surface area contributed by atoms with Gasteiger partial charge in [0.05, 0.1) is 6.61 Å². The Kier molecular flexibility index (Phi) is 3.16. The summed E-state index contributed by atoms with van der Waals surface area (Å²) < 4.78 is 4.85. The Morgan fingerprint density at radius 1 is 1.62 bits per heavy atom. The highest BCUT2D eigenvalue weighted by molar-refractivity contribution is 5.97. The maximum Gasteiger partial charge on any atom is 0.267 e. The number of pyridine rings is 1. The molecule has 0 aliphatic rings. The molecule has 2 heterocycles. The SMILES string of the molecule is COCCNC(=O)c1cc2cccnc2[nH]1. The van der Waals surface area contributed by atoms with Crippen molar-refractivity contribution in [2.75, 3.05) is 20.3 Å². The van der Waals surface area contributed by atoms with Gasteiger partial charge in [-0.3, -0.25) is 4.79 Å².